The number of hydrogen-bond acceptors (Lipinski definition) is 2. The minimum atomic E-state index is 0.779. The summed E-state index contributed by atoms with van der Waals surface area (Å²) < 4.78 is 0. The minimum Gasteiger partial charge on any atom is -0.314 e. The van der Waals surface area contributed by atoms with Gasteiger partial charge in [0, 0.05) is 12.1 Å². The third kappa shape index (κ3) is 6.05. The summed E-state index contributed by atoms with van der Waals surface area (Å²) in [5.74, 6) is 3.47. The highest BCUT2D eigenvalue weighted by Crippen LogP contribution is 2.31. The van der Waals surface area contributed by atoms with Crippen LogP contribution >= 0.6 is 0 Å². The van der Waals surface area contributed by atoms with E-state index < -0.39 is 0 Å². The van der Waals surface area contributed by atoms with Crippen molar-refractivity contribution >= 4 is 0 Å². The fourth-order valence-electron chi connectivity index (χ4n) is 5.09. The second kappa shape index (κ2) is 10.0. The van der Waals surface area contributed by atoms with Crippen molar-refractivity contribution in [2.45, 2.75) is 97.6 Å². The molecule has 4 unspecified atom stereocenters. The molecule has 23 heavy (non-hydrogen) atoms. The Bertz CT molecular complexity index is 283. The minimum absolute atomic E-state index is 0.779. The summed E-state index contributed by atoms with van der Waals surface area (Å²) in [6.07, 6.45) is 12.7. The summed E-state index contributed by atoms with van der Waals surface area (Å²) in [7, 11) is 0. The number of hydrogen-bond donors (Lipinski definition) is 2. The average Bonchev–Trinajstić information content (AvgIpc) is 2.55. The Balaban J connectivity index is 1.63. The van der Waals surface area contributed by atoms with Gasteiger partial charge in [-0.15, -0.1) is 0 Å². The molecule has 2 heteroatoms. The largest absolute Gasteiger partial charge is 0.314 e. The topological polar surface area (TPSA) is 24.1 Å². The standard InChI is InChI=1S/C21H42N2/c1-16(2)18-10-5-7-12-20(18)22-14-9-15-23-21-13-8-6-11-19(21)17(3)4/h16-23H,5-15H2,1-4H3. The molecular formula is C21H42N2. The van der Waals surface area contributed by atoms with Gasteiger partial charge in [0.25, 0.3) is 0 Å². The molecule has 0 spiro atoms. The molecule has 0 bridgehead atoms. The van der Waals surface area contributed by atoms with E-state index in [1.807, 2.05) is 0 Å². The molecule has 4 atom stereocenters. The molecule has 2 N–H and O–H groups in total. The van der Waals surface area contributed by atoms with E-state index in [0.717, 1.165) is 35.8 Å². The SMILES string of the molecule is CC(C)C1CCCCC1NCCCNC1CCCCC1C(C)C. The van der Waals surface area contributed by atoms with E-state index >= 15 is 0 Å². The van der Waals surface area contributed by atoms with Crippen molar-refractivity contribution in [2.75, 3.05) is 13.1 Å². The first kappa shape index (κ1) is 19.2. The molecule has 0 aliphatic heterocycles. The molecule has 2 saturated carbocycles. The molecule has 136 valence electrons. The van der Waals surface area contributed by atoms with Crippen molar-refractivity contribution in [1.29, 1.82) is 0 Å². The van der Waals surface area contributed by atoms with Crippen LogP contribution in [0.3, 0.4) is 0 Å². The van der Waals surface area contributed by atoms with Crippen molar-refractivity contribution in [2.24, 2.45) is 23.7 Å². The first-order valence-corrected chi connectivity index (χ1v) is 10.6. The highest BCUT2D eigenvalue weighted by atomic mass is 15.0. The highest BCUT2D eigenvalue weighted by Gasteiger charge is 2.28. The normalized spacial score (nSPS) is 32.6. The van der Waals surface area contributed by atoms with Gasteiger partial charge in [-0.2, -0.15) is 0 Å². The third-order valence-corrected chi connectivity index (χ3v) is 6.52. The zero-order chi connectivity index (χ0) is 16.7. The molecule has 2 nitrogen and oxygen atoms in total. The molecule has 0 heterocycles. The fraction of sp³-hybridized carbons (Fsp3) is 1.00. The first-order chi connectivity index (χ1) is 11.1. The summed E-state index contributed by atoms with van der Waals surface area (Å²) in [6.45, 7) is 12.0. The lowest BCUT2D eigenvalue weighted by atomic mass is 9.77. The monoisotopic (exact) mass is 322 g/mol. The zero-order valence-electron chi connectivity index (χ0n) is 16.2. The molecular weight excluding hydrogens is 280 g/mol. The maximum atomic E-state index is 3.88. The Hall–Kier alpha value is -0.0800. The van der Waals surface area contributed by atoms with Crippen molar-refractivity contribution in [3.05, 3.63) is 0 Å². The summed E-state index contributed by atoms with van der Waals surface area (Å²) in [6, 6.07) is 1.56. The Morgan fingerprint density at radius 3 is 1.43 bits per heavy atom. The predicted octanol–water partition coefficient (Wildman–Crippen LogP) is 4.99. The van der Waals surface area contributed by atoms with Crippen LogP contribution in [0, 0.1) is 23.7 Å². The number of rotatable bonds is 8. The van der Waals surface area contributed by atoms with Crippen LogP contribution in [0.4, 0.5) is 0 Å². The lowest BCUT2D eigenvalue weighted by Gasteiger charge is -2.36. The van der Waals surface area contributed by atoms with Crippen LogP contribution in [0.1, 0.15) is 85.5 Å². The van der Waals surface area contributed by atoms with Gasteiger partial charge in [-0.1, -0.05) is 53.4 Å². The van der Waals surface area contributed by atoms with Crippen LogP contribution in [-0.4, -0.2) is 25.2 Å². The van der Waals surface area contributed by atoms with E-state index in [0.29, 0.717) is 0 Å². The van der Waals surface area contributed by atoms with Gasteiger partial charge in [0.2, 0.25) is 0 Å². The molecule has 2 fully saturated rings. The van der Waals surface area contributed by atoms with Crippen molar-refractivity contribution in [1.82, 2.24) is 10.6 Å². The van der Waals surface area contributed by atoms with Gasteiger partial charge in [0.15, 0.2) is 0 Å². The van der Waals surface area contributed by atoms with Gasteiger partial charge in [-0.3, -0.25) is 0 Å². The van der Waals surface area contributed by atoms with Crippen molar-refractivity contribution in [3.63, 3.8) is 0 Å². The Morgan fingerprint density at radius 1 is 0.652 bits per heavy atom. The van der Waals surface area contributed by atoms with Gasteiger partial charge < -0.3 is 10.6 Å². The molecule has 0 saturated heterocycles. The Morgan fingerprint density at radius 2 is 1.04 bits per heavy atom. The molecule has 2 rings (SSSR count). The van der Waals surface area contributed by atoms with E-state index in [-0.39, 0.29) is 0 Å². The van der Waals surface area contributed by atoms with Crippen LogP contribution < -0.4 is 10.6 Å². The van der Waals surface area contributed by atoms with E-state index in [1.165, 1.54) is 70.9 Å². The number of nitrogens with one attached hydrogen (secondary N) is 2. The van der Waals surface area contributed by atoms with Gasteiger partial charge in [0.05, 0.1) is 0 Å². The van der Waals surface area contributed by atoms with Crippen LogP contribution in [0.15, 0.2) is 0 Å². The first-order valence-electron chi connectivity index (χ1n) is 10.6. The van der Waals surface area contributed by atoms with E-state index in [1.54, 1.807) is 0 Å². The van der Waals surface area contributed by atoms with Gasteiger partial charge in [-0.25, -0.2) is 0 Å². The molecule has 2 aliphatic carbocycles. The summed E-state index contributed by atoms with van der Waals surface area (Å²) in [5, 5.41) is 7.77. The average molecular weight is 323 g/mol. The van der Waals surface area contributed by atoms with Crippen molar-refractivity contribution < 1.29 is 0 Å². The summed E-state index contributed by atoms with van der Waals surface area (Å²) in [5.41, 5.74) is 0. The van der Waals surface area contributed by atoms with E-state index in [9.17, 15) is 0 Å². The molecule has 0 aromatic heterocycles. The van der Waals surface area contributed by atoms with Gasteiger partial charge in [0.1, 0.15) is 0 Å². The van der Waals surface area contributed by atoms with E-state index in [2.05, 4.69) is 38.3 Å². The predicted molar refractivity (Wildman–Crippen MR) is 102 cm³/mol. The molecule has 0 aromatic carbocycles. The molecule has 0 aromatic rings. The van der Waals surface area contributed by atoms with Gasteiger partial charge >= 0.3 is 0 Å². The quantitative estimate of drug-likeness (QED) is 0.615. The second-order valence-electron chi connectivity index (χ2n) is 8.86. The molecule has 2 aliphatic rings. The molecule has 0 radical (unpaired) electrons. The van der Waals surface area contributed by atoms with Crippen LogP contribution in [-0.2, 0) is 0 Å². The smallest absolute Gasteiger partial charge is 0.00977 e. The lowest BCUT2D eigenvalue weighted by molar-refractivity contribution is 0.198. The van der Waals surface area contributed by atoms with E-state index in [4.69, 9.17) is 0 Å². The van der Waals surface area contributed by atoms with Gasteiger partial charge in [-0.05, 0) is 68.9 Å². The summed E-state index contributed by atoms with van der Waals surface area (Å²) >= 11 is 0. The third-order valence-electron chi connectivity index (χ3n) is 6.52. The molecule has 0 amide bonds. The second-order valence-corrected chi connectivity index (χ2v) is 8.86. The van der Waals surface area contributed by atoms with Crippen LogP contribution in [0.5, 0.6) is 0 Å². The van der Waals surface area contributed by atoms with Crippen LogP contribution in [0.25, 0.3) is 0 Å². The lowest BCUT2D eigenvalue weighted by Crippen LogP contribution is -2.43. The Labute approximate surface area is 145 Å². The maximum absolute atomic E-state index is 3.88. The Kier molecular flexibility index (Phi) is 8.40. The zero-order valence-corrected chi connectivity index (χ0v) is 16.2. The van der Waals surface area contributed by atoms with Crippen LogP contribution in [0.2, 0.25) is 0 Å². The maximum Gasteiger partial charge on any atom is 0.00977 e. The fourth-order valence-corrected chi connectivity index (χ4v) is 5.09. The highest BCUT2D eigenvalue weighted by molar-refractivity contribution is 4.84. The summed E-state index contributed by atoms with van der Waals surface area (Å²) in [4.78, 5) is 0. The van der Waals surface area contributed by atoms with Crippen molar-refractivity contribution in [3.8, 4) is 0 Å².